The fourth-order valence-electron chi connectivity index (χ4n) is 0.997. The van der Waals surface area contributed by atoms with E-state index in [2.05, 4.69) is 25.8 Å². The van der Waals surface area contributed by atoms with Gasteiger partial charge in [0.05, 0.1) is 0 Å². The quantitative estimate of drug-likeness (QED) is 0.554. The summed E-state index contributed by atoms with van der Waals surface area (Å²) in [6.07, 6.45) is 1.77. The molecule has 0 aliphatic heterocycles. The Morgan fingerprint density at radius 3 is 2.21 bits per heavy atom. The molecule has 0 aliphatic rings. The van der Waals surface area contributed by atoms with E-state index in [1.54, 1.807) is 12.3 Å². The van der Waals surface area contributed by atoms with Crippen molar-refractivity contribution in [1.82, 2.24) is 4.98 Å². The average molecular weight is 214 g/mol. The molecule has 1 aromatic heterocycles. The zero-order chi connectivity index (χ0) is 10.1. The molecule has 4 heteroatoms. The Hall–Kier alpha value is -1.09. The lowest BCUT2D eigenvalue weighted by molar-refractivity contribution is 0.587. The second-order valence-corrected chi connectivity index (χ2v) is 4.10. The lowest BCUT2D eigenvalue weighted by Crippen LogP contribution is -2.16. The summed E-state index contributed by atoms with van der Waals surface area (Å²) in [4.78, 5) is 4.10. The van der Waals surface area contributed by atoms with Crippen molar-refractivity contribution >= 4 is 18.2 Å². The van der Waals surface area contributed by atoms with Crippen LogP contribution in [0, 0.1) is 5.41 Å². The van der Waals surface area contributed by atoms with Gasteiger partial charge in [-0.05, 0) is 17.0 Å². The van der Waals surface area contributed by atoms with Crippen LogP contribution < -0.4 is 5.73 Å². The minimum atomic E-state index is 0. The molecule has 0 atom stereocenters. The van der Waals surface area contributed by atoms with Crippen molar-refractivity contribution in [2.75, 3.05) is 0 Å². The average Bonchev–Trinajstić information content (AvgIpc) is 2.03. The number of hydrogen-bond donors (Lipinski definition) is 2. The van der Waals surface area contributed by atoms with E-state index in [1.165, 1.54) is 0 Å². The van der Waals surface area contributed by atoms with Gasteiger partial charge in [-0.15, -0.1) is 12.4 Å². The Bertz CT molecular complexity index is 311. The lowest BCUT2D eigenvalue weighted by atomic mass is 9.88. The number of hydrogen-bond acceptors (Lipinski definition) is 2. The van der Waals surface area contributed by atoms with Crippen LogP contribution in [0.1, 0.15) is 32.0 Å². The van der Waals surface area contributed by atoms with E-state index < -0.39 is 0 Å². The summed E-state index contributed by atoms with van der Waals surface area (Å²) in [6.45, 7) is 6.37. The molecule has 0 aliphatic carbocycles. The van der Waals surface area contributed by atoms with Crippen molar-refractivity contribution in [2.45, 2.75) is 26.2 Å². The van der Waals surface area contributed by atoms with Gasteiger partial charge in [0.2, 0.25) is 0 Å². The zero-order valence-corrected chi connectivity index (χ0v) is 9.48. The number of rotatable bonds is 1. The molecule has 0 fully saturated rings. The maximum atomic E-state index is 7.18. The maximum Gasteiger partial charge on any atom is 0.141 e. The van der Waals surface area contributed by atoms with E-state index in [0.717, 1.165) is 5.56 Å². The highest BCUT2D eigenvalue weighted by Crippen LogP contribution is 2.20. The Morgan fingerprint density at radius 1 is 1.36 bits per heavy atom. The van der Waals surface area contributed by atoms with Crippen LogP contribution >= 0.6 is 12.4 Å². The molecular weight excluding hydrogens is 198 g/mol. The van der Waals surface area contributed by atoms with Gasteiger partial charge in [0.15, 0.2) is 0 Å². The third-order valence-electron chi connectivity index (χ3n) is 1.91. The molecule has 1 rings (SSSR count). The van der Waals surface area contributed by atoms with Crippen molar-refractivity contribution in [3.63, 3.8) is 0 Å². The van der Waals surface area contributed by atoms with E-state index in [9.17, 15) is 0 Å². The first-order valence-electron chi connectivity index (χ1n) is 4.22. The van der Waals surface area contributed by atoms with Crippen LogP contribution in [-0.4, -0.2) is 10.8 Å². The molecule has 3 N–H and O–H groups in total. The van der Waals surface area contributed by atoms with Crippen molar-refractivity contribution in [3.05, 3.63) is 29.6 Å². The molecular formula is C10H16ClN3. The number of nitrogens with one attached hydrogen (secondary N) is 1. The van der Waals surface area contributed by atoms with Crippen LogP contribution in [0.25, 0.3) is 0 Å². The van der Waals surface area contributed by atoms with Crippen LogP contribution in [0.15, 0.2) is 18.3 Å². The molecule has 0 bridgehead atoms. The SMILES string of the molecule is CC(C)(C)c1ccc(C(=N)N)nc1.Cl. The molecule has 0 unspecified atom stereocenters. The minimum absolute atomic E-state index is 0. The lowest BCUT2D eigenvalue weighted by Gasteiger charge is -2.18. The number of halogens is 1. The van der Waals surface area contributed by atoms with Crippen LogP contribution in [0.5, 0.6) is 0 Å². The van der Waals surface area contributed by atoms with Crippen LogP contribution in [0.4, 0.5) is 0 Å². The third kappa shape index (κ3) is 3.00. The van der Waals surface area contributed by atoms with Gasteiger partial charge in [0, 0.05) is 6.20 Å². The predicted octanol–water partition coefficient (Wildman–Crippen LogP) is 2.08. The first-order valence-corrected chi connectivity index (χ1v) is 4.22. The number of nitrogens with two attached hydrogens (primary N) is 1. The van der Waals surface area contributed by atoms with Crippen molar-refractivity contribution in [1.29, 1.82) is 5.41 Å². The Labute approximate surface area is 90.7 Å². The third-order valence-corrected chi connectivity index (χ3v) is 1.91. The highest BCUT2D eigenvalue weighted by molar-refractivity contribution is 5.92. The fraction of sp³-hybridized carbons (Fsp3) is 0.400. The number of aromatic nitrogens is 1. The summed E-state index contributed by atoms with van der Waals surface area (Å²) in [7, 11) is 0. The molecule has 0 saturated heterocycles. The topological polar surface area (TPSA) is 62.8 Å². The van der Waals surface area contributed by atoms with E-state index >= 15 is 0 Å². The summed E-state index contributed by atoms with van der Waals surface area (Å²) in [5.74, 6) is 0.0143. The molecule has 1 aromatic rings. The second-order valence-electron chi connectivity index (χ2n) is 4.10. The Balaban J connectivity index is 0.00000169. The summed E-state index contributed by atoms with van der Waals surface area (Å²) in [6, 6.07) is 3.74. The summed E-state index contributed by atoms with van der Waals surface area (Å²) < 4.78 is 0. The van der Waals surface area contributed by atoms with Gasteiger partial charge >= 0.3 is 0 Å². The zero-order valence-electron chi connectivity index (χ0n) is 8.66. The number of nitrogen functional groups attached to an aromatic ring is 1. The fourth-order valence-corrected chi connectivity index (χ4v) is 0.997. The standard InChI is InChI=1S/C10H15N3.ClH/c1-10(2,3)7-4-5-8(9(11)12)13-6-7;/h4-6H,1-3H3,(H3,11,12);1H. The summed E-state index contributed by atoms with van der Waals surface area (Å²) in [5.41, 5.74) is 7.08. The molecule has 3 nitrogen and oxygen atoms in total. The highest BCUT2D eigenvalue weighted by Gasteiger charge is 2.13. The molecule has 0 spiro atoms. The maximum absolute atomic E-state index is 7.18. The minimum Gasteiger partial charge on any atom is -0.382 e. The van der Waals surface area contributed by atoms with Gasteiger partial charge in [-0.25, -0.2) is 0 Å². The molecule has 0 radical (unpaired) electrons. The first-order chi connectivity index (χ1) is 5.91. The summed E-state index contributed by atoms with van der Waals surface area (Å²) in [5, 5.41) is 7.18. The van der Waals surface area contributed by atoms with E-state index in [1.807, 2.05) is 6.07 Å². The molecule has 14 heavy (non-hydrogen) atoms. The van der Waals surface area contributed by atoms with Gasteiger partial charge in [-0.3, -0.25) is 10.4 Å². The number of amidine groups is 1. The monoisotopic (exact) mass is 213 g/mol. The normalized spacial score (nSPS) is 10.5. The van der Waals surface area contributed by atoms with Gasteiger partial charge in [0.1, 0.15) is 11.5 Å². The molecule has 0 amide bonds. The Kier molecular flexibility index (Phi) is 4.08. The van der Waals surface area contributed by atoms with E-state index in [4.69, 9.17) is 11.1 Å². The first kappa shape index (κ1) is 12.9. The van der Waals surface area contributed by atoms with Crippen molar-refractivity contribution in [2.24, 2.45) is 5.73 Å². The number of pyridine rings is 1. The van der Waals surface area contributed by atoms with Gasteiger partial charge in [-0.2, -0.15) is 0 Å². The van der Waals surface area contributed by atoms with Crippen LogP contribution in [0.3, 0.4) is 0 Å². The van der Waals surface area contributed by atoms with E-state index in [-0.39, 0.29) is 23.7 Å². The molecule has 0 aromatic carbocycles. The van der Waals surface area contributed by atoms with Gasteiger partial charge in [-0.1, -0.05) is 26.8 Å². The predicted molar refractivity (Wildman–Crippen MR) is 61.2 cm³/mol. The molecule has 1 heterocycles. The smallest absolute Gasteiger partial charge is 0.141 e. The molecule has 0 saturated carbocycles. The largest absolute Gasteiger partial charge is 0.382 e. The molecule has 78 valence electrons. The highest BCUT2D eigenvalue weighted by atomic mass is 35.5. The second kappa shape index (κ2) is 4.42. The van der Waals surface area contributed by atoms with Gasteiger partial charge < -0.3 is 5.73 Å². The van der Waals surface area contributed by atoms with Crippen molar-refractivity contribution in [3.8, 4) is 0 Å². The van der Waals surface area contributed by atoms with Crippen LogP contribution in [0.2, 0.25) is 0 Å². The van der Waals surface area contributed by atoms with Crippen LogP contribution in [-0.2, 0) is 5.41 Å². The Morgan fingerprint density at radius 2 is 1.93 bits per heavy atom. The summed E-state index contributed by atoms with van der Waals surface area (Å²) >= 11 is 0. The van der Waals surface area contributed by atoms with Gasteiger partial charge in [0.25, 0.3) is 0 Å². The van der Waals surface area contributed by atoms with Crippen molar-refractivity contribution < 1.29 is 0 Å². The van der Waals surface area contributed by atoms with E-state index in [0.29, 0.717) is 5.69 Å². The number of nitrogens with zero attached hydrogens (tertiary/aromatic N) is 1.